The van der Waals surface area contributed by atoms with Crippen LogP contribution in [0.4, 0.5) is 0 Å². The molecule has 0 amide bonds. The highest BCUT2D eigenvalue weighted by Gasteiger charge is 2.48. The summed E-state index contributed by atoms with van der Waals surface area (Å²) in [6.07, 6.45) is 6.90. The van der Waals surface area contributed by atoms with E-state index in [1.807, 2.05) is 0 Å². The van der Waals surface area contributed by atoms with Gasteiger partial charge in [0.2, 0.25) is 5.79 Å². The van der Waals surface area contributed by atoms with Crippen molar-refractivity contribution in [3.05, 3.63) is 189 Å². The molecule has 1 aliphatic rings. The molecule has 0 fully saturated rings. The highest BCUT2D eigenvalue weighted by atomic mass is 16.6. The number of aryl methyl sites for hydroxylation is 4. The molecule has 494 valence electrons. The molecule has 7 aromatic carbocycles. The lowest BCUT2D eigenvalue weighted by Crippen LogP contribution is -2.45. The lowest BCUT2D eigenvalue weighted by atomic mass is 9.68. The van der Waals surface area contributed by atoms with Gasteiger partial charge in [-0.05, 0) is 207 Å². The summed E-state index contributed by atoms with van der Waals surface area (Å²) in [6.45, 7) is 59.7. The zero-order valence-corrected chi connectivity index (χ0v) is 61.8. The second-order valence-electron chi connectivity index (χ2n) is 36.0. The van der Waals surface area contributed by atoms with E-state index < -0.39 is 11.8 Å². The molecule has 6 heteroatoms. The lowest BCUT2D eigenvalue weighted by molar-refractivity contribution is -0.179. The number of hydrogen-bond donors (Lipinski definition) is 2. The fourth-order valence-electron chi connectivity index (χ4n) is 15.6. The second kappa shape index (κ2) is 23.8. The van der Waals surface area contributed by atoms with E-state index in [2.05, 4.69) is 317 Å². The largest absolute Gasteiger partial charge is 0.505 e. The molecule has 2 unspecified atom stereocenters. The molecule has 0 aliphatic heterocycles. The van der Waals surface area contributed by atoms with E-state index in [4.69, 9.17) is 9.47 Å². The molecule has 9 aromatic rings. The summed E-state index contributed by atoms with van der Waals surface area (Å²) in [5, 5.41) is 32.4. The quantitative estimate of drug-likeness (QED) is 0.0841. The minimum atomic E-state index is -1.84. The van der Waals surface area contributed by atoms with Crippen LogP contribution in [-0.2, 0) is 31.8 Å². The molecule has 2 atom stereocenters. The predicted molar refractivity (Wildman–Crippen MR) is 399 cm³/mol. The first-order valence-electron chi connectivity index (χ1n) is 34.5. The van der Waals surface area contributed by atoms with Gasteiger partial charge in [0.1, 0.15) is 17.5 Å². The smallest absolute Gasteiger partial charge is 0.218 e. The highest BCUT2D eigenvalue weighted by molar-refractivity contribution is 6.11. The van der Waals surface area contributed by atoms with Gasteiger partial charge in [-0.1, -0.05) is 218 Å². The Labute approximate surface area is 559 Å². The SMILES string of the molecule is Cc1cc(C)cc(C2=CC(C(C)(C)CC(C)(C)C)=CC(n3c4ccc(C(C)(C)C)cc4c4cc(C(C)(C)C)ccc43)C2(O)OCCCOc2c(C)cc(C)cc2-c2cc(C(C)(C)CC(C)(C)C)cc(-n3c4ccc(C(C)(C)C)cc4c4cc(C(C)(C)C)ccc43)c2O)c1. The molecule has 0 radical (unpaired) electrons. The van der Waals surface area contributed by atoms with Gasteiger partial charge in [-0.2, -0.15) is 0 Å². The standard InChI is InChI=1S/C87H112N2O4/c1-53-38-54(2)41-57(40-53)70-48-63(86(25,26)52-80(8,9)10)50-76(89-73-34-30-60(83(17,18)19)45-66(73)67-46-61(84(20,21)22)31-35-74(67)89)87(70,91)93-37-27-36-92-78-56(4)39-55(3)42-69(78)68-47-62(85(23,24)51-79(5,6)7)49-75(77(68)90)88-71-32-28-58(81(11,12)13)43-64(71)65-44-59(82(14,15)16)29-33-72(65)88/h28-35,38-50,76,90-91H,27,36-37,51-52H2,1-26H3. The number of nitrogens with zero attached hydrogens (tertiary/aromatic N) is 2. The second-order valence-corrected chi connectivity index (χ2v) is 36.0. The van der Waals surface area contributed by atoms with Crippen molar-refractivity contribution < 1.29 is 19.7 Å². The van der Waals surface area contributed by atoms with Crippen LogP contribution in [0.15, 0.2) is 133 Å². The van der Waals surface area contributed by atoms with E-state index in [9.17, 15) is 10.2 Å². The van der Waals surface area contributed by atoms with Gasteiger partial charge in [0, 0.05) is 55.7 Å². The van der Waals surface area contributed by atoms with Crippen LogP contribution in [0, 0.1) is 43.9 Å². The van der Waals surface area contributed by atoms with Crippen LogP contribution in [0.5, 0.6) is 11.5 Å². The monoisotopic (exact) mass is 1250 g/mol. The number of ether oxygens (including phenoxy) is 2. The third kappa shape index (κ3) is 13.8. The summed E-state index contributed by atoms with van der Waals surface area (Å²) in [7, 11) is 0. The van der Waals surface area contributed by atoms with Crippen LogP contribution in [0.1, 0.15) is 233 Å². The molecule has 10 rings (SSSR count). The number of aromatic hydroxyl groups is 1. The Bertz CT molecular complexity index is 4260. The van der Waals surface area contributed by atoms with Crippen molar-refractivity contribution in [2.24, 2.45) is 16.2 Å². The van der Waals surface area contributed by atoms with E-state index in [-0.39, 0.29) is 55.7 Å². The van der Waals surface area contributed by atoms with E-state index in [1.165, 1.54) is 38.6 Å². The average molecular weight is 1250 g/mol. The van der Waals surface area contributed by atoms with Gasteiger partial charge in [-0.25, -0.2) is 0 Å². The Morgan fingerprint density at radius 1 is 0.452 bits per heavy atom. The summed E-state index contributed by atoms with van der Waals surface area (Å²) in [4.78, 5) is 0. The minimum Gasteiger partial charge on any atom is -0.505 e. The zero-order chi connectivity index (χ0) is 68.5. The van der Waals surface area contributed by atoms with Crippen molar-refractivity contribution in [1.29, 1.82) is 0 Å². The van der Waals surface area contributed by atoms with Gasteiger partial charge < -0.3 is 28.8 Å². The number of rotatable bonds is 14. The van der Waals surface area contributed by atoms with Crippen molar-refractivity contribution in [2.45, 2.75) is 238 Å². The molecular formula is C87H112N2O4. The number of fused-ring (bicyclic) bond motifs is 6. The first-order chi connectivity index (χ1) is 42.8. The maximum absolute atomic E-state index is 14.4. The highest BCUT2D eigenvalue weighted by Crippen LogP contribution is 2.53. The molecular weight excluding hydrogens is 1140 g/mol. The van der Waals surface area contributed by atoms with Crippen molar-refractivity contribution in [2.75, 3.05) is 13.2 Å². The molecule has 1 aliphatic carbocycles. The first-order valence-corrected chi connectivity index (χ1v) is 34.5. The topological polar surface area (TPSA) is 68.8 Å². The third-order valence-corrected chi connectivity index (χ3v) is 19.7. The van der Waals surface area contributed by atoms with Crippen LogP contribution in [0.25, 0.3) is 66.0 Å². The third-order valence-electron chi connectivity index (χ3n) is 19.7. The maximum atomic E-state index is 14.4. The van der Waals surface area contributed by atoms with Gasteiger partial charge in [0.25, 0.3) is 0 Å². The van der Waals surface area contributed by atoms with Gasteiger partial charge in [0.15, 0.2) is 0 Å². The van der Waals surface area contributed by atoms with Gasteiger partial charge in [-0.15, -0.1) is 0 Å². The van der Waals surface area contributed by atoms with E-state index in [1.54, 1.807) is 0 Å². The van der Waals surface area contributed by atoms with Crippen molar-refractivity contribution in [3.63, 3.8) is 0 Å². The number of hydrogen-bond acceptors (Lipinski definition) is 4. The summed E-state index contributed by atoms with van der Waals surface area (Å²) in [5.74, 6) is -0.923. The van der Waals surface area contributed by atoms with E-state index in [0.717, 1.165) is 101 Å². The van der Waals surface area contributed by atoms with E-state index >= 15 is 0 Å². The number of phenolic OH excluding ortho intramolecular Hbond substituents is 1. The van der Waals surface area contributed by atoms with Gasteiger partial charge in [0.05, 0.1) is 29.9 Å². The summed E-state index contributed by atoms with van der Waals surface area (Å²) in [5.41, 5.74) is 19.0. The maximum Gasteiger partial charge on any atom is 0.218 e. The number of aliphatic hydroxyl groups is 1. The first kappa shape index (κ1) is 69.0. The normalized spacial score (nSPS) is 16.7. The molecule has 0 bridgehead atoms. The minimum absolute atomic E-state index is 0.0229. The fourth-order valence-corrected chi connectivity index (χ4v) is 15.6. The van der Waals surface area contributed by atoms with Crippen LogP contribution >= 0.6 is 0 Å². The number of allylic oxidation sites excluding steroid dienone is 2. The molecule has 2 N–H and O–H groups in total. The van der Waals surface area contributed by atoms with E-state index in [0.29, 0.717) is 18.8 Å². The number of phenols is 1. The van der Waals surface area contributed by atoms with Crippen molar-refractivity contribution >= 4 is 49.2 Å². The Kier molecular flexibility index (Phi) is 17.7. The van der Waals surface area contributed by atoms with Gasteiger partial charge in [-0.3, -0.25) is 0 Å². The molecule has 2 aromatic heterocycles. The Morgan fingerprint density at radius 2 is 0.882 bits per heavy atom. The number of aromatic nitrogens is 2. The van der Waals surface area contributed by atoms with Gasteiger partial charge >= 0.3 is 0 Å². The Hall–Kier alpha value is -6.86. The van der Waals surface area contributed by atoms with Crippen LogP contribution in [-0.4, -0.2) is 38.3 Å². The summed E-state index contributed by atoms with van der Waals surface area (Å²) >= 11 is 0. The van der Waals surface area contributed by atoms with Crippen molar-refractivity contribution in [1.82, 2.24) is 9.13 Å². The molecule has 0 saturated carbocycles. The molecule has 0 saturated heterocycles. The zero-order valence-electron chi connectivity index (χ0n) is 61.8. The number of benzene rings is 7. The van der Waals surface area contributed by atoms with Crippen LogP contribution in [0.2, 0.25) is 0 Å². The molecule has 2 heterocycles. The molecule has 0 spiro atoms. The molecule has 6 nitrogen and oxygen atoms in total. The Morgan fingerprint density at radius 3 is 1.33 bits per heavy atom. The van der Waals surface area contributed by atoms with Crippen LogP contribution in [0.3, 0.4) is 0 Å². The fraction of sp³-hybridized carbons (Fsp3) is 0.471. The Balaban J connectivity index is 1.11. The lowest BCUT2D eigenvalue weighted by Gasteiger charge is -2.44. The van der Waals surface area contributed by atoms with Crippen molar-refractivity contribution in [3.8, 4) is 28.3 Å². The molecule has 93 heavy (non-hydrogen) atoms. The summed E-state index contributed by atoms with van der Waals surface area (Å²) < 4.78 is 19.2. The summed E-state index contributed by atoms with van der Waals surface area (Å²) in [6, 6.07) is 42.4. The average Bonchev–Trinajstić information content (AvgIpc) is 1.64. The van der Waals surface area contributed by atoms with Crippen LogP contribution < -0.4 is 4.74 Å². The predicted octanol–water partition coefficient (Wildman–Crippen LogP) is 23.6.